The number of rotatable bonds is 4. The quantitative estimate of drug-likeness (QED) is 0.167. The first-order valence-corrected chi connectivity index (χ1v) is 19.9. The van der Waals surface area contributed by atoms with Crippen LogP contribution < -0.4 is 24.8 Å². The molecule has 55 heavy (non-hydrogen) atoms. The monoisotopic (exact) mass is 840 g/mol. The van der Waals surface area contributed by atoms with E-state index in [-0.39, 0.29) is 24.8 Å². The van der Waals surface area contributed by atoms with Gasteiger partial charge >= 0.3 is 46.7 Å². The second-order valence-corrected chi connectivity index (χ2v) is 16.5. The fourth-order valence-corrected chi connectivity index (χ4v) is 8.10. The Labute approximate surface area is 353 Å². The van der Waals surface area contributed by atoms with Crippen molar-refractivity contribution in [3.63, 3.8) is 0 Å². The zero-order valence-corrected chi connectivity index (χ0v) is 37.1. The number of hydrogen-bond donors (Lipinski definition) is 0. The van der Waals surface area contributed by atoms with Crippen LogP contribution >= 0.6 is 0 Å². The van der Waals surface area contributed by atoms with Crippen LogP contribution in [0.4, 0.5) is 0 Å². The van der Waals surface area contributed by atoms with Gasteiger partial charge in [0.25, 0.3) is 0 Å². The molecule has 0 unspecified atom stereocenters. The van der Waals surface area contributed by atoms with E-state index in [0.29, 0.717) is 0 Å². The number of benzene rings is 4. The normalized spacial score (nSPS) is 11.9. The first-order valence-electron chi connectivity index (χ1n) is 18.7. The molecule has 8 aromatic rings. The summed E-state index contributed by atoms with van der Waals surface area (Å²) in [5.74, 6) is 3.89. The Balaban J connectivity index is 0.000000181. The number of fused-ring (bicyclic) bond motifs is 2. The molecule has 1 aliphatic carbocycles. The Morgan fingerprint density at radius 1 is 0.491 bits per heavy atom. The molecule has 0 aliphatic heterocycles. The maximum absolute atomic E-state index is 5.94. The van der Waals surface area contributed by atoms with E-state index >= 15 is 0 Å². The van der Waals surface area contributed by atoms with Crippen molar-refractivity contribution < 1.29 is 57.9 Å². The Morgan fingerprint density at radius 2 is 0.855 bits per heavy atom. The van der Waals surface area contributed by atoms with Crippen molar-refractivity contribution in [1.29, 1.82) is 0 Å². The van der Waals surface area contributed by atoms with Gasteiger partial charge < -0.3 is 33.6 Å². The molecule has 0 amide bonds. The SMILES string of the molecule is Cc1cc(-c2cc3c(-c4ccccc4)c(C)c(C)cc3[cH-]2)oc1C.Cc1cc(-c2cc3c(-c4ccccc4)c(C)c(C)cc3[cH-]2)oc1C.[Cl-].[Cl-].[Zr+2]=[C]1CCC1. The number of hydrogen-bond acceptors (Lipinski definition) is 2. The van der Waals surface area contributed by atoms with Crippen LogP contribution in [0.1, 0.15) is 64.2 Å². The molecule has 1 aliphatic rings. The van der Waals surface area contributed by atoms with Crippen LogP contribution in [0, 0.1) is 55.4 Å². The van der Waals surface area contributed by atoms with Gasteiger partial charge in [0.15, 0.2) is 0 Å². The number of halogens is 2. The second kappa shape index (κ2) is 17.8. The van der Waals surface area contributed by atoms with Crippen molar-refractivity contribution in [2.75, 3.05) is 0 Å². The van der Waals surface area contributed by atoms with Crippen molar-refractivity contribution in [3.8, 4) is 44.9 Å². The van der Waals surface area contributed by atoms with Crippen molar-refractivity contribution in [3.05, 3.63) is 154 Å². The van der Waals surface area contributed by atoms with Gasteiger partial charge in [-0.2, -0.15) is 0 Å². The third-order valence-corrected chi connectivity index (χ3v) is 12.3. The Morgan fingerprint density at radius 3 is 1.15 bits per heavy atom. The minimum absolute atomic E-state index is 0. The number of aryl methyl sites for hydroxylation is 6. The maximum atomic E-state index is 5.94. The van der Waals surface area contributed by atoms with E-state index in [1.54, 1.807) is 27.4 Å². The molecule has 0 N–H and O–H groups in total. The van der Waals surface area contributed by atoms with E-state index in [4.69, 9.17) is 8.83 Å². The topological polar surface area (TPSA) is 26.3 Å². The molecule has 1 saturated carbocycles. The Kier molecular flexibility index (Phi) is 13.7. The van der Waals surface area contributed by atoms with Crippen molar-refractivity contribution in [2.24, 2.45) is 0 Å². The molecule has 6 aromatic carbocycles. The fourth-order valence-electron chi connectivity index (χ4n) is 7.23. The van der Waals surface area contributed by atoms with Gasteiger partial charge in [0.1, 0.15) is 0 Å². The molecule has 0 spiro atoms. The summed E-state index contributed by atoms with van der Waals surface area (Å²) in [5.41, 5.74) is 15.3. The van der Waals surface area contributed by atoms with Gasteiger partial charge in [-0.3, -0.25) is 0 Å². The summed E-state index contributed by atoms with van der Waals surface area (Å²) in [7, 11) is 0. The van der Waals surface area contributed by atoms with Crippen LogP contribution in [0.15, 0.2) is 118 Å². The van der Waals surface area contributed by atoms with E-state index < -0.39 is 0 Å². The van der Waals surface area contributed by atoms with Gasteiger partial charge in [-0.25, -0.2) is 0 Å². The Hall–Kier alpha value is -4.01. The first-order chi connectivity index (χ1) is 25.5. The van der Waals surface area contributed by atoms with Crippen molar-refractivity contribution in [1.82, 2.24) is 0 Å². The molecule has 2 aromatic heterocycles. The minimum atomic E-state index is 0. The van der Waals surface area contributed by atoms with Gasteiger partial charge in [0, 0.05) is 0 Å². The second-order valence-electron chi connectivity index (χ2n) is 14.8. The molecule has 0 radical (unpaired) electrons. The zero-order valence-electron chi connectivity index (χ0n) is 33.1. The van der Waals surface area contributed by atoms with E-state index in [0.717, 1.165) is 34.2 Å². The molecular formula is C50H48Cl2O2Zr-2. The van der Waals surface area contributed by atoms with Crippen LogP contribution in [0.25, 0.3) is 66.4 Å². The predicted octanol–water partition coefficient (Wildman–Crippen LogP) is 8.34. The number of furan rings is 2. The van der Waals surface area contributed by atoms with Crippen molar-refractivity contribution >= 4 is 24.8 Å². The molecule has 2 nitrogen and oxygen atoms in total. The van der Waals surface area contributed by atoms with Gasteiger partial charge in [-0.15, -0.1) is 57.9 Å². The summed E-state index contributed by atoms with van der Waals surface area (Å²) in [6.07, 6.45) is 4.36. The van der Waals surface area contributed by atoms with E-state index in [2.05, 4.69) is 151 Å². The van der Waals surface area contributed by atoms with Gasteiger partial charge in [0.2, 0.25) is 0 Å². The van der Waals surface area contributed by atoms with Gasteiger partial charge in [-0.1, -0.05) is 94.0 Å². The summed E-state index contributed by atoms with van der Waals surface area (Å²) in [5, 5.41) is 5.15. The Bertz CT molecular complexity index is 2360. The predicted molar refractivity (Wildman–Crippen MR) is 222 cm³/mol. The average molecular weight is 843 g/mol. The molecule has 9 rings (SSSR count). The molecular weight excluding hydrogens is 795 g/mol. The van der Waals surface area contributed by atoms with E-state index in [1.807, 2.05) is 13.8 Å². The third-order valence-electron chi connectivity index (χ3n) is 11.0. The molecule has 1 fully saturated rings. The van der Waals surface area contributed by atoms with Gasteiger partial charge in [0.05, 0.1) is 23.0 Å². The zero-order chi connectivity index (χ0) is 37.4. The summed E-state index contributed by atoms with van der Waals surface area (Å²) in [4.78, 5) is 0. The average Bonchev–Trinajstić information content (AvgIpc) is 3.92. The van der Waals surface area contributed by atoms with Crippen LogP contribution in [-0.4, -0.2) is 3.21 Å². The van der Waals surface area contributed by atoms with Crippen LogP contribution in [-0.2, 0) is 24.2 Å². The molecule has 5 heteroatoms. The molecule has 2 heterocycles. The third kappa shape index (κ3) is 8.86. The molecule has 0 bridgehead atoms. The molecule has 280 valence electrons. The van der Waals surface area contributed by atoms with Gasteiger partial charge in [-0.05, 0) is 101 Å². The summed E-state index contributed by atoms with van der Waals surface area (Å²) < 4.78 is 13.6. The summed E-state index contributed by atoms with van der Waals surface area (Å²) in [6.45, 7) is 17.0. The fraction of sp³-hybridized carbons (Fsp3) is 0.220. The molecule has 0 saturated heterocycles. The van der Waals surface area contributed by atoms with Crippen LogP contribution in [0.3, 0.4) is 0 Å². The van der Waals surface area contributed by atoms with Crippen LogP contribution in [0.2, 0.25) is 0 Å². The first kappa shape index (κ1) is 42.1. The van der Waals surface area contributed by atoms with E-state index in [1.165, 1.54) is 96.4 Å². The van der Waals surface area contributed by atoms with Crippen molar-refractivity contribution in [2.45, 2.75) is 74.7 Å². The van der Waals surface area contributed by atoms with Crippen LogP contribution in [0.5, 0.6) is 0 Å². The summed E-state index contributed by atoms with van der Waals surface area (Å²) in [6, 6.07) is 39.1. The summed E-state index contributed by atoms with van der Waals surface area (Å²) >= 11 is 1.67. The standard InChI is InChI=1S/2C23H21O.C4H6.2ClH.Zr/c2*1-14-10-19-12-20(22-11-15(2)17(4)24-22)13-21(19)23(16(14)3)18-8-6-5-7-9-18;1-2-4-3-1;;;/h2*5-13H,1-4H3;1-3H2;2*1H;/q2*-1;;;;+2/p-2. The van der Waals surface area contributed by atoms with E-state index in [9.17, 15) is 0 Å². The molecule has 0 atom stereocenters.